The summed E-state index contributed by atoms with van der Waals surface area (Å²) in [4.78, 5) is 39.0. The Balaban J connectivity index is 1.56. The van der Waals surface area contributed by atoms with E-state index in [-0.39, 0.29) is 17.7 Å². The molecule has 2 aliphatic heterocycles. The number of rotatable bonds is 3. The second-order valence-electron chi connectivity index (χ2n) is 6.84. The zero-order valence-corrected chi connectivity index (χ0v) is 15.1. The highest BCUT2D eigenvalue weighted by Crippen LogP contribution is 2.21. The molecule has 2 fully saturated rings. The molecule has 0 spiro atoms. The van der Waals surface area contributed by atoms with Crippen molar-refractivity contribution in [1.82, 2.24) is 19.8 Å². The van der Waals surface area contributed by atoms with Crippen LogP contribution >= 0.6 is 0 Å². The van der Waals surface area contributed by atoms with E-state index < -0.39 is 0 Å². The van der Waals surface area contributed by atoms with Gasteiger partial charge < -0.3 is 14.7 Å². The Bertz CT molecular complexity index is 628. The molecule has 2 aliphatic rings. The number of aryl methyl sites for hydroxylation is 1. The van der Waals surface area contributed by atoms with E-state index in [9.17, 15) is 9.59 Å². The summed E-state index contributed by atoms with van der Waals surface area (Å²) in [5.74, 6) is 1.16. The number of piperazine rings is 1. The highest BCUT2D eigenvalue weighted by molar-refractivity contribution is 5.81. The van der Waals surface area contributed by atoms with Crippen LogP contribution in [0.25, 0.3) is 0 Å². The first-order valence-electron chi connectivity index (χ1n) is 9.18. The first-order valence-corrected chi connectivity index (χ1v) is 9.18. The van der Waals surface area contributed by atoms with Gasteiger partial charge >= 0.3 is 0 Å². The van der Waals surface area contributed by atoms with Gasteiger partial charge in [0.25, 0.3) is 0 Å². The lowest BCUT2D eigenvalue weighted by Gasteiger charge is -2.39. The van der Waals surface area contributed by atoms with Crippen molar-refractivity contribution in [2.75, 3.05) is 44.2 Å². The number of carbonyl (C=O) groups is 2. The molecule has 0 radical (unpaired) electrons. The molecular formula is C18H27N5O2. The second-order valence-corrected chi connectivity index (χ2v) is 6.84. The number of anilines is 1. The first kappa shape index (κ1) is 17.6. The van der Waals surface area contributed by atoms with Crippen molar-refractivity contribution in [1.29, 1.82) is 0 Å². The normalized spacial score (nSPS) is 21.4. The molecule has 1 aromatic rings. The first-order chi connectivity index (χ1) is 12.1. The molecule has 0 bridgehead atoms. The van der Waals surface area contributed by atoms with Crippen LogP contribution in [0.4, 0.5) is 5.82 Å². The predicted molar refractivity (Wildman–Crippen MR) is 95.2 cm³/mol. The summed E-state index contributed by atoms with van der Waals surface area (Å²) in [6.07, 6.45) is 4.30. The molecule has 136 valence electrons. The average Bonchev–Trinajstić information content (AvgIpc) is 2.67. The van der Waals surface area contributed by atoms with E-state index in [0.29, 0.717) is 19.6 Å². The maximum Gasteiger partial charge on any atom is 0.227 e. The molecule has 0 N–H and O–H groups in total. The fourth-order valence-electron chi connectivity index (χ4n) is 3.63. The molecule has 3 rings (SSSR count). The highest BCUT2D eigenvalue weighted by atomic mass is 16.2. The number of piperidine rings is 1. The molecule has 1 atom stereocenters. The van der Waals surface area contributed by atoms with E-state index in [1.54, 1.807) is 18.2 Å². The van der Waals surface area contributed by atoms with Crippen molar-refractivity contribution in [3.05, 3.63) is 18.1 Å². The van der Waals surface area contributed by atoms with Crippen molar-refractivity contribution in [3.63, 3.8) is 0 Å². The van der Waals surface area contributed by atoms with Gasteiger partial charge in [0.15, 0.2) is 0 Å². The SMILES string of the molecule is CCc1cc(N2CCN(C(=O)C3CCCN(C(C)=O)C3)CC2)ncn1. The van der Waals surface area contributed by atoms with E-state index in [4.69, 9.17) is 0 Å². The average molecular weight is 345 g/mol. The van der Waals surface area contributed by atoms with Crippen molar-refractivity contribution >= 4 is 17.6 Å². The van der Waals surface area contributed by atoms with Crippen LogP contribution < -0.4 is 4.90 Å². The number of carbonyl (C=O) groups excluding carboxylic acids is 2. The van der Waals surface area contributed by atoms with Crippen LogP contribution in [-0.4, -0.2) is 70.9 Å². The van der Waals surface area contributed by atoms with E-state index in [1.165, 1.54) is 0 Å². The Kier molecular flexibility index (Phi) is 5.50. The van der Waals surface area contributed by atoms with Crippen molar-refractivity contribution in [2.24, 2.45) is 5.92 Å². The fourth-order valence-corrected chi connectivity index (χ4v) is 3.63. The standard InChI is InChI=1S/C18H27N5O2/c1-3-16-11-17(20-13-19-16)21-7-9-22(10-8-21)18(25)15-5-4-6-23(12-15)14(2)24/h11,13,15H,3-10,12H2,1-2H3. The van der Waals surface area contributed by atoms with Crippen LogP contribution in [0.15, 0.2) is 12.4 Å². The molecule has 2 saturated heterocycles. The summed E-state index contributed by atoms with van der Waals surface area (Å²) in [5, 5.41) is 0. The Morgan fingerprint density at radius 1 is 1.12 bits per heavy atom. The molecule has 7 heteroatoms. The molecule has 0 aromatic carbocycles. The maximum absolute atomic E-state index is 12.8. The maximum atomic E-state index is 12.8. The smallest absolute Gasteiger partial charge is 0.227 e. The number of amides is 2. The van der Waals surface area contributed by atoms with Gasteiger partial charge in [0.1, 0.15) is 12.1 Å². The minimum Gasteiger partial charge on any atom is -0.353 e. The molecule has 25 heavy (non-hydrogen) atoms. The molecular weight excluding hydrogens is 318 g/mol. The third-order valence-electron chi connectivity index (χ3n) is 5.20. The number of nitrogens with zero attached hydrogens (tertiary/aromatic N) is 5. The van der Waals surface area contributed by atoms with Gasteiger partial charge in [-0.05, 0) is 19.3 Å². The van der Waals surface area contributed by atoms with Crippen LogP contribution in [0.3, 0.4) is 0 Å². The summed E-state index contributed by atoms with van der Waals surface area (Å²) < 4.78 is 0. The van der Waals surface area contributed by atoms with Gasteiger partial charge in [-0.1, -0.05) is 6.92 Å². The Morgan fingerprint density at radius 3 is 2.56 bits per heavy atom. The topological polar surface area (TPSA) is 69.6 Å². The second kappa shape index (κ2) is 7.80. The van der Waals surface area contributed by atoms with E-state index >= 15 is 0 Å². The summed E-state index contributed by atoms with van der Waals surface area (Å²) in [6, 6.07) is 2.03. The van der Waals surface area contributed by atoms with Crippen LogP contribution in [0, 0.1) is 5.92 Å². The Labute approximate surface area is 149 Å². The zero-order chi connectivity index (χ0) is 17.8. The number of aromatic nitrogens is 2. The van der Waals surface area contributed by atoms with E-state index in [2.05, 4.69) is 21.8 Å². The zero-order valence-electron chi connectivity index (χ0n) is 15.1. The van der Waals surface area contributed by atoms with Crippen LogP contribution in [0.1, 0.15) is 32.4 Å². The Morgan fingerprint density at radius 2 is 1.88 bits per heavy atom. The number of hydrogen-bond donors (Lipinski definition) is 0. The van der Waals surface area contributed by atoms with Crippen molar-refractivity contribution in [3.8, 4) is 0 Å². The molecule has 0 aliphatic carbocycles. The van der Waals surface area contributed by atoms with E-state index in [1.807, 2.05) is 11.0 Å². The molecule has 1 aromatic heterocycles. The summed E-state index contributed by atoms with van der Waals surface area (Å²) in [5.41, 5.74) is 1.04. The summed E-state index contributed by atoms with van der Waals surface area (Å²) in [6.45, 7) is 8.00. The van der Waals surface area contributed by atoms with Crippen LogP contribution in [0.5, 0.6) is 0 Å². The third-order valence-corrected chi connectivity index (χ3v) is 5.20. The Hall–Kier alpha value is -2.18. The summed E-state index contributed by atoms with van der Waals surface area (Å²) in [7, 11) is 0. The summed E-state index contributed by atoms with van der Waals surface area (Å²) >= 11 is 0. The van der Waals surface area contributed by atoms with E-state index in [0.717, 1.165) is 50.4 Å². The van der Waals surface area contributed by atoms with Gasteiger partial charge in [-0.2, -0.15) is 0 Å². The van der Waals surface area contributed by atoms with Gasteiger partial charge in [-0.3, -0.25) is 9.59 Å². The highest BCUT2D eigenvalue weighted by Gasteiger charge is 2.31. The lowest BCUT2D eigenvalue weighted by molar-refractivity contribution is -0.140. The minimum atomic E-state index is -0.0463. The molecule has 0 saturated carbocycles. The van der Waals surface area contributed by atoms with Gasteiger partial charge in [0, 0.05) is 58.0 Å². The quantitative estimate of drug-likeness (QED) is 0.816. The molecule has 1 unspecified atom stereocenters. The van der Waals surface area contributed by atoms with Crippen molar-refractivity contribution < 1.29 is 9.59 Å². The van der Waals surface area contributed by atoms with Gasteiger partial charge in [-0.25, -0.2) is 9.97 Å². The molecule has 2 amide bonds. The molecule has 3 heterocycles. The van der Waals surface area contributed by atoms with Crippen LogP contribution in [-0.2, 0) is 16.0 Å². The largest absolute Gasteiger partial charge is 0.353 e. The molecule has 7 nitrogen and oxygen atoms in total. The predicted octanol–water partition coefficient (Wildman–Crippen LogP) is 0.946. The lowest BCUT2D eigenvalue weighted by atomic mass is 9.96. The number of hydrogen-bond acceptors (Lipinski definition) is 5. The third kappa shape index (κ3) is 4.08. The fraction of sp³-hybridized carbons (Fsp3) is 0.667. The monoisotopic (exact) mass is 345 g/mol. The van der Waals surface area contributed by atoms with Crippen molar-refractivity contribution in [2.45, 2.75) is 33.1 Å². The van der Waals surface area contributed by atoms with Gasteiger partial charge in [-0.15, -0.1) is 0 Å². The van der Waals surface area contributed by atoms with Gasteiger partial charge in [0.05, 0.1) is 5.92 Å². The van der Waals surface area contributed by atoms with Gasteiger partial charge in [0.2, 0.25) is 11.8 Å². The number of likely N-dealkylation sites (tertiary alicyclic amines) is 1. The lowest BCUT2D eigenvalue weighted by Crippen LogP contribution is -2.53. The van der Waals surface area contributed by atoms with Crippen LogP contribution in [0.2, 0.25) is 0 Å². The minimum absolute atomic E-state index is 0.0463.